The number of rotatable bonds is 4. The molecule has 2 rings (SSSR count). The minimum absolute atomic E-state index is 0.0600. The summed E-state index contributed by atoms with van der Waals surface area (Å²) in [5, 5.41) is -0.668. The van der Waals surface area contributed by atoms with Gasteiger partial charge in [-0.2, -0.15) is 0 Å². The monoisotopic (exact) mass is 348 g/mol. The highest BCUT2D eigenvalue weighted by Gasteiger charge is 2.61. The van der Waals surface area contributed by atoms with Gasteiger partial charge in [0.25, 0.3) is 0 Å². The van der Waals surface area contributed by atoms with Crippen LogP contribution in [-0.4, -0.2) is 5.97 Å². The lowest BCUT2D eigenvalue weighted by molar-refractivity contribution is -0.147. The third kappa shape index (κ3) is 2.99. The van der Waals surface area contributed by atoms with E-state index >= 15 is 0 Å². The topological polar surface area (TPSA) is 26.3 Å². The maximum absolute atomic E-state index is 13.4. The number of hydrogen-bond acceptors (Lipinski definition) is 2. The lowest BCUT2D eigenvalue weighted by Crippen LogP contribution is -2.11. The summed E-state index contributed by atoms with van der Waals surface area (Å²) in [4.78, 5) is 12.1. The van der Waals surface area contributed by atoms with E-state index in [1.165, 1.54) is 0 Å². The molecule has 120 valence electrons. The molecule has 0 amide bonds. The van der Waals surface area contributed by atoms with Gasteiger partial charge < -0.3 is 4.74 Å². The van der Waals surface area contributed by atoms with E-state index in [4.69, 9.17) is 27.9 Å². The second-order valence-corrected chi connectivity index (χ2v) is 6.66. The van der Waals surface area contributed by atoms with Crippen LogP contribution in [0.3, 0.4) is 0 Å². The fourth-order valence-electron chi connectivity index (χ4n) is 2.68. The molecule has 0 radical (unpaired) electrons. The normalized spacial score (nSPS) is 22.9. The van der Waals surface area contributed by atoms with Crippen molar-refractivity contribution in [1.82, 2.24) is 0 Å². The number of carbonyl (C=O) groups excluding carboxylic acids is 1. The van der Waals surface area contributed by atoms with Crippen LogP contribution in [0.15, 0.2) is 18.2 Å². The third-order valence-corrected chi connectivity index (χ3v) is 4.94. The summed E-state index contributed by atoms with van der Waals surface area (Å²) in [6.45, 7) is 5.45. The molecule has 1 aromatic rings. The highest BCUT2D eigenvalue weighted by Crippen LogP contribution is 2.59. The van der Waals surface area contributed by atoms with Gasteiger partial charge in [0.2, 0.25) is 0 Å². The van der Waals surface area contributed by atoms with Gasteiger partial charge in [-0.05, 0) is 18.3 Å². The van der Waals surface area contributed by atoms with Crippen molar-refractivity contribution < 1.29 is 18.3 Å². The molecule has 0 heterocycles. The van der Waals surface area contributed by atoms with Gasteiger partial charge >= 0.3 is 5.97 Å². The molecule has 6 heteroatoms. The number of ether oxygens (including phenoxy) is 1. The van der Waals surface area contributed by atoms with Crippen molar-refractivity contribution >= 4 is 29.2 Å². The fraction of sp³-hybridized carbons (Fsp3) is 0.438. The van der Waals surface area contributed by atoms with Crippen molar-refractivity contribution in [3.05, 3.63) is 45.5 Å². The van der Waals surface area contributed by atoms with Crippen molar-refractivity contribution in [3.63, 3.8) is 0 Å². The van der Waals surface area contributed by atoms with Crippen LogP contribution < -0.4 is 0 Å². The number of esters is 1. The summed E-state index contributed by atoms with van der Waals surface area (Å²) in [5.41, 5.74) is -0.250. The molecule has 1 aromatic carbocycles. The summed E-state index contributed by atoms with van der Waals surface area (Å²) in [6, 6.07) is 0.599. The van der Waals surface area contributed by atoms with Crippen LogP contribution >= 0.6 is 23.2 Å². The van der Waals surface area contributed by atoms with E-state index in [9.17, 15) is 13.6 Å². The quantitative estimate of drug-likeness (QED) is 0.426. The van der Waals surface area contributed by atoms with E-state index in [-0.39, 0.29) is 39.5 Å². The Morgan fingerprint density at radius 3 is 2.36 bits per heavy atom. The number of halogens is 4. The van der Waals surface area contributed by atoms with Crippen LogP contribution in [0.1, 0.15) is 26.3 Å². The number of carbonyl (C=O) groups is 1. The Hall–Kier alpha value is -1.13. The largest absolute Gasteiger partial charge is 0.460 e. The highest BCUT2D eigenvalue weighted by molar-refractivity contribution is 6.36. The Morgan fingerprint density at radius 1 is 1.32 bits per heavy atom. The van der Waals surface area contributed by atoms with E-state index in [0.29, 0.717) is 6.07 Å². The van der Waals surface area contributed by atoms with E-state index in [1.54, 1.807) is 0 Å². The van der Waals surface area contributed by atoms with Crippen molar-refractivity contribution in [2.24, 2.45) is 17.3 Å². The summed E-state index contributed by atoms with van der Waals surface area (Å²) in [5.74, 6) is -2.48. The first kappa shape index (κ1) is 17.2. The van der Waals surface area contributed by atoms with Crippen LogP contribution in [0.2, 0.25) is 10.0 Å². The molecule has 2 nitrogen and oxygen atoms in total. The van der Waals surface area contributed by atoms with Gasteiger partial charge in [-0.3, -0.25) is 4.79 Å². The minimum atomic E-state index is -0.937. The molecule has 0 bridgehead atoms. The maximum atomic E-state index is 13.4. The molecule has 0 spiro atoms. The van der Waals surface area contributed by atoms with Crippen molar-refractivity contribution in [3.8, 4) is 0 Å². The van der Waals surface area contributed by atoms with Gasteiger partial charge in [-0.15, -0.1) is 0 Å². The molecule has 0 saturated heterocycles. The van der Waals surface area contributed by atoms with E-state index in [2.05, 4.69) is 0 Å². The molecule has 0 aliphatic heterocycles. The number of hydrogen-bond donors (Lipinski definition) is 0. The van der Waals surface area contributed by atoms with E-state index in [0.717, 1.165) is 0 Å². The first-order chi connectivity index (χ1) is 10.2. The smallest absolute Gasteiger partial charge is 0.310 e. The Bertz CT molecular complexity index is 615. The van der Waals surface area contributed by atoms with Crippen molar-refractivity contribution in [2.75, 3.05) is 0 Å². The van der Waals surface area contributed by atoms with Gasteiger partial charge in [0.05, 0.1) is 16.0 Å². The zero-order chi connectivity index (χ0) is 16.7. The minimum Gasteiger partial charge on any atom is -0.460 e. The van der Waals surface area contributed by atoms with Crippen LogP contribution in [-0.2, 0) is 16.1 Å². The van der Waals surface area contributed by atoms with Crippen LogP contribution in [0.25, 0.3) is 0 Å². The Labute approximate surface area is 138 Å². The SMILES string of the molecule is C/C=C\[C@@H]1[C@@H](C(=O)OCc2c(Cl)c(F)cc(F)c2Cl)C1(C)C. The standard InChI is InChI=1S/C16H16Cl2F2O2/c1-4-5-9-12(16(9,2)3)15(21)22-7-8-13(17)10(19)6-11(20)14(8)18/h4-6,9,12H,7H2,1-3H3/b5-4-/t9-,12+/m1/s1. The molecule has 0 N–H and O–H groups in total. The summed E-state index contributed by atoms with van der Waals surface area (Å²) in [6.07, 6.45) is 3.84. The van der Waals surface area contributed by atoms with E-state index < -0.39 is 17.6 Å². The summed E-state index contributed by atoms with van der Waals surface area (Å²) in [7, 11) is 0. The maximum Gasteiger partial charge on any atom is 0.310 e. The first-order valence-corrected chi connectivity index (χ1v) is 7.58. The van der Waals surface area contributed by atoms with Crippen LogP contribution in [0.5, 0.6) is 0 Å². The van der Waals surface area contributed by atoms with Crippen molar-refractivity contribution in [1.29, 1.82) is 0 Å². The summed E-state index contributed by atoms with van der Waals surface area (Å²) >= 11 is 11.5. The molecule has 1 fully saturated rings. The molecule has 1 aliphatic rings. The van der Waals surface area contributed by atoms with Gasteiger partial charge in [-0.25, -0.2) is 8.78 Å². The predicted molar refractivity (Wildman–Crippen MR) is 81.7 cm³/mol. The average molecular weight is 349 g/mol. The predicted octanol–water partition coefficient (Wildman–Crippen LogP) is 5.16. The second kappa shape index (κ2) is 6.17. The van der Waals surface area contributed by atoms with Crippen LogP contribution in [0.4, 0.5) is 8.78 Å². The molecule has 1 saturated carbocycles. The lowest BCUT2D eigenvalue weighted by Gasteiger charge is -2.10. The van der Waals surface area contributed by atoms with Crippen molar-refractivity contribution in [2.45, 2.75) is 27.4 Å². The number of benzene rings is 1. The molecule has 22 heavy (non-hydrogen) atoms. The van der Waals surface area contributed by atoms with Crippen LogP contribution in [0, 0.1) is 28.9 Å². The van der Waals surface area contributed by atoms with E-state index in [1.807, 2.05) is 32.9 Å². The molecule has 0 unspecified atom stereocenters. The first-order valence-electron chi connectivity index (χ1n) is 6.83. The fourth-order valence-corrected chi connectivity index (χ4v) is 3.13. The zero-order valence-corrected chi connectivity index (χ0v) is 13.9. The highest BCUT2D eigenvalue weighted by atomic mass is 35.5. The zero-order valence-electron chi connectivity index (χ0n) is 12.4. The Balaban J connectivity index is 2.10. The lowest BCUT2D eigenvalue weighted by atomic mass is 10.1. The summed E-state index contributed by atoms with van der Waals surface area (Å²) < 4.78 is 32.0. The average Bonchev–Trinajstić information content (AvgIpc) is 2.98. The molecular formula is C16H16Cl2F2O2. The van der Waals surface area contributed by atoms with Gasteiger partial charge in [-0.1, -0.05) is 49.2 Å². The molecule has 0 aromatic heterocycles. The second-order valence-electron chi connectivity index (χ2n) is 5.91. The molecule has 2 atom stereocenters. The Kier molecular flexibility index (Phi) is 4.83. The number of allylic oxidation sites excluding steroid dienone is 2. The van der Waals surface area contributed by atoms with Gasteiger partial charge in [0.15, 0.2) is 0 Å². The Morgan fingerprint density at radius 2 is 1.86 bits per heavy atom. The molecule has 1 aliphatic carbocycles. The molecular weight excluding hydrogens is 333 g/mol. The third-order valence-electron chi connectivity index (χ3n) is 4.13. The van der Waals surface area contributed by atoms with Gasteiger partial charge in [0.1, 0.15) is 18.2 Å². The van der Waals surface area contributed by atoms with Gasteiger partial charge in [0, 0.05) is 11.6 Å².